The van der Waals surface area contributed by atoms with Gasteiger partial charge >= 0.3 is 0 Å². The second-order valence-corrected chi connectivity index (χ2v) is 6.26. The number of ether oxygens (including phenoxy) is 2. The van der Waals surface area contributed by atoms with Gasteiger partial charge in [0.25, 0.3) is 5.91 Å². The first kappa shape index (κ1) is 17.4. The van der Waals surface area contributed by atoms with Crippen LogP contribution >= 0.6 is 23.2 Å². The highest BCUT2D eigenvalue weighted by atomic mass is 35.5. The summed E-state index contributed by atoms with van der Waals surface area (Å²) in [5.74, 6) is 0.124. The van der Waals surface area contributed by atoms with Crippen molar-refractivity contribution in [1.82, 2.24) is 4.90 Å². The molecule has 6 nitrogen and oxygen atoms in total. The summed E-state index contributed by atoms with van der Waals surface area (Å²) in [6.07, 6.45) is 0. The summed E-state index contributed by atoms with van der Waals surface area (Å²) in [4.78, 5) is 25.9. The van der Waals surface area contributed by atoms with Crippen LogP contribution in [0.4, 0.5) is 5.69 Å². The first-order valence-electron chi connectivity index (χ1n) is 7.34. The SMILES string of the molecule is CN(CC(=O)Nc1cccc(Cl)c1)C(=O)c1cc(Cl)c2c(c1)OCO2. The van der Waals surface area contributed by atoms with Gasteiger partial charge in [-0.05, 0) is 30.3 Å². The molecule has 8 heteroatoms. The first-order chi connectivity index (χ1) is 11.9. The number of carbonyl (C=O) groups excluding carboxylic acids is 2. The molecule has 0 fully saturated rings. The van der Waals surface area contributed by atoms with Gasteiger partial charge in [-0.3, -0.25) is 9.59 Å². The number of nitrogens with zero attached hydrogens (tertiary/aromatic N) is 1. The maximum absolute atomic E-state index is 12.5. The van der Waals surface area contributed by atoms with E-state index in [1.54, 1.807) is 30.3 Å². The van der Waals surface area contributed by atoms with Crippen LogP contribution in [0.1, 0.15) is 10.4 Å². The first-order valence-corrected chi connectivity index (χ1v) is 8.09. The third-order valence-electron chi connectivity index (χ3n) is 3.51. The average Bonchev–Trinajstić information content (AvgIpc) is 3.03. The van der Waals surface area contributed by atoms with Gasteiger partial charge < -0.3 is 19.7 Å². The van der Waals surface area contributed by atoms with Crippen LogP contribution < -0.4 is 14.8 Å². The molecule has 1 aliphatic heterocycles. The molecule has 0 radical (unpaired) electrons. The maximum atomic E-state index is 12.5. The van der Waals surface area contributed by atoms with E-state index in [9.17, 15) is 9.59 Å². The second-order valence-electron chi connectivity index (χ2n) is 5.41. The topological polar surface area (TPSA) is 67.9 Å². The summed E-state index contributed by atoms with van der Waals surface area (Å²) in [5.41, 5.74) is 0.872. The van der Waals surface area contributed by atoms with E-state index >= 15 is 0 Å². The van der Waals surface area contributed by atoms with Crippen molar-refractivity contribution in [2.45, 2.75) is 0 Å². The van der Waals surface area contributed by atoms with Gasteiger partial charge in [0.1, 0.15) is 0 Å². The number of rotatable bonds is 4. The molecule has 0 unspecified atom stereocenters. The van der Waals surface area contributed by atoms with E-state index in [4.69, 9.17) is 32.7 Å². The van der Waals surface area contributed by atoms with E-state index in [-0.39, 0.29) is 30.2 Å². The second kappa shape index (κ2) is 7.21. The Kier molecular flexibility index (Phi) is 5.01. The number of benzene rings is 2. The maximum Gasteiger partial charge on any atom is 0.254 e. The zero-order valence-electron chi connectivity index (χ0n) is 13.2. The molecular formula is C17H14Cl2N2O4. The monoisotopic (exact) mass is 380 g/mol. The number of halogens is 2. The predicted octanol–water partition coefficient (Wildman–Crippen LogP) is 3.43. The molecule has 3 rings (SSSR count). The van der Waals surface area contributed by atoms with Crippen LogP contribution in [-0.2, 0) is 4.79 Å². The Morgan fingerprint density at radius 3 is 2.76 bits per heavy atom. The fraction of sp³-hybridized carbons (Fsp3) is 0.176. The lowest BCUT2D eigenvalue weighted by molar-refractivity contribution is -0.116. The van der Waals surface area contributed by atoms with Gasteiger partial charge in [-0.25, -0.2) is 0 Å². The third kappa shape index (κ3) is 3.97. The molecule has 0 spiro atoms. The summed E-state index contributed by atoms with van der Waals surface area (Å²) in [5, 5.41) is 3.48. The van der Waals surface area contributed by atoms with E-state index in [0.717, 1.165) is 0 Å². The summed E-state index contributed by atoms with van der Waals surface area (Å²) in [6.45, 7) is -0.0675. The number of likely N-dealkylation sites (N-methyl/N-ethyl adjacent to an activating group) is 1. The molecule has 0 saturated heterocycles. The Balaban J connectivity index is 1.66. The van der Waals surface area contributed by atoms with Gasteiger partial charge in [0.2, 0.25) is 12.7 Å². The summed E-state index contributed by atoms with van der Waals surface area (Å²) < 4.78 is 10.5. The van der Waals surface area contributed by atoms with Gasteiger partial charge in [0.15, 0.2) is 11.5 Å². The highest BCUT2D eigenvalue weighted by Gasteiger charge is 2.23. The molecule has 0 atom stereocenters. The van der Waals surface area contributed by atoms with Gasteiger partial charge in [0, 0.05) is 23.3 Å². The molecule has 1 N–H and O–H groups in total. The van der Waals surface area contributed by atoms with Gasteiger partial charge in [-0.15, -0.1) is 0 Å². The van der Waals surface area contributed by atoms with Crippen LogP contribution in [-0.4, -0.2) is 37.1 Å². The fourth-order valence-corrected chi connectivity index (χ4v) is 2.82. The minimum atomic E-state index is -0.360. The third-order valence-corrected chi connectivity index (χ3v) is 4.03. The summed E-state index contributed by atoms with van der Waals surface area (Å²) in [7, 11) is 1.53. The van der Waals surface area contributed by atoms with Crippen LogP contribution in [0.15, 0.2) is 36.4 Å². The van der Waals surface area contributed by atoms with E-state index < -0.39 is 0 Å². The zero-order chi connectivity index (χ0) is 18.0. The molecule has 0 bridgehead atoms. The molecular weight excluding hydrogens is 367 g/mol. The van der Waals surface area contributed by atoms with Crippen molar-refractivity contribution in [1.29, 1.82) is 0 Å². The van der Waals surface area contributed by atoms with Crippen molar-refractivity contribution in [3.8, 4) is 11.5 Å². The number of hydrogen-bond acceptors (Lipinski definition) is 4. The Bertz CT molecular complexity index is 841. The minimum absolute atomic E-state index is 0.0601. The van der Waals surface area contributed by atoms with E-state index in [1.165, 1.54) is 18.0 Å². The Morgan fingerprint density at radius 2 is 2.00 bits per heavy atom. The lowest BCUT2D eigenvalue weighted by Gasteiger charge is -2.17. The Hall–Kier alpha value is -2.44. The van der Waals surface area contributed by atoms with Crippen LogP contribution in [0, 0.1) is 0 Å². The van der Waals surface area contributed by atoms with Gasteiger partial charge in [-0.2, -0.15) is 0 Å². The minimum Gasteiger partial charge on any atom is -0.454 e. The number of fused-ring (bicyclic) bond motifs is 1. The highest BCUT2D eigenvalue weighted by molar-refractivity contribution is 6.32. The Morgan fingerprint density at radius 1 is 1.20 bits per heavy atom. The molecule has 0 saturated carbocycles. The standard InChI is InChI=1S/C17H14Cl2N2O4/c1-21(8-15(22)20-12-4-2-3-11(18)7-12)17(23)10-5-13(19)16-14(6-10)24-9-25-16/h2-7H,8-9H2,1H3,(H,20,22). The Labute approximate surface area is 154 Å². The number of carbonyl (C=O) groups is 2. The van der Waals surface area contributed by atoms with Crippen molar-refractivity contribution in [2.75, 3.05) is 25.7 Å². The largest absolute Gasteiger partial charge is 0.454 e. The van der Waals surface area contributed by atoms with Crippen molar-refractivity contribution in [2.24, 2.45) is 0 Å². The normalized spacial score (nSPS) is 12.0. The molecule has 2 amide bonds. The molecule has 25 heavy (non-hydrogen) atoms. The van der Waals surface area contributed by atoms with Crippen molar-refractivity contribution in [3.63, 3.8) is 0 Å². The molecule has 0 aliphatic carbocycles. The summed E-state index contributed by atoms with van der Waals surface area (Å²) in [6, 6.07) is 9.80. The van der Waals surface area contributed by atoms with Crippen LogP contribution in [0.2, 0.25) is 10.0 Å². The lowest BCUT2D eigenvalue weighted by Crippen LogP contribution is -2.34. The van der Waals surface area contributed by atoms with Crippen LogP contribution in [0.25, 0.3) is 0 Å². The highest BCUT2D eigenvalue weighted by Crippen LogP contribution is 2.39. The average molecular weight is 381 g/mol. The van der Waals surface area contributed by atoms with E-state index in [2.05, 4.69) is 5.32 Å². The fourth-order valence-electron chi connectivity index (χ4n) is 2.37. The molecule has 2 aromatic rings. The van der Waals surface area contributed by atoms with Gasteiger partial charge in [0.05, 0.1) is 11.6 Å². The molecule has 1 heterocycles. The van der Waals surface area contributed by atoms with Crippen molar-refractivity contribution < 1.29 is 19.1 Å². The molecule has 0 aromatic heterocycles. The quantitative estimate of drug-likeness (QED) is 0.881. The zero-order valence-corrected chi connectivity index (χ0v) is 14.7. The van der Waals surface area contributed by atoms with Crippen LogP contribution in [0.3, 0.4) is 0 Å². The lowest BCUT2D eigenvalue weighted by atomic mass is 10.1. The van der Waals surface area contributed by atoms with E-state index in [1.807, 2.05) is 0 Å². The van der Waals surface area contributed by atoms with E-state index in [0.29, 0.717) is 27.8 Å². The number of nitrogens with one attached hydrogen (secondary N) is 1. The predicted molar refractivity (Wildman–Crippen MR) is 94.6 cm³/mol. The van der Waals surface area contributed by atoms with Crippen molar-refractivity contribution in [3.05, 3.63) is 52.0 Å². The smallest absolute Gasteiger partial charge is 0.254 e. The molecule has 2 aromatic carbocycles. The number of anilines is 1. The number of amides is 2. The van der Waals surface area contributed by atoms with Crippen molar-refractivity contribution >= 4 is 40.7 Å². The summed E-state index contributed by atoms with van der Waals surface area (Å²) >= 11 is 12.0. The molecule has 1 aliphatic rings. The number of hydrogen-bond donors (Lipinski definition) is 1. The molecule has 130 valence electrons. The van der Waals surface area contributed by atoms with Gasteiger partial charge in [-0.1, -0.05) is 29.3 Å². The van der Waals surface area contributed by atoms with Crippen LogP contribution in [0.5, 0.6) is 11.5 Å².